The second kappa shape index (κ2) is 5.47. The molecule has 5 rings (SSSR count). The van der Waals surface area contributed by atoms with Gasteiger partial charge in [0.1, 0.15) is 11.5 Å². The van der Waals surface area contributed by atoms with Crippen LogP contribution >= 0.6 is 0 Å². The summed E-state index contributed by atoms with van der Waals surface area (Å²) in [7, 11) is 0. The minimum Gasteiger partial charge on any atom is -0.310 e. The molecule has 2 aromatic carbocycles. The molecule has 3 aromatic rings. The molecule has 2 fully saturated rings. The highest BCUT2D eigenvalue weighted by atomic mass is 19.1. The van der Waals surface area contributed by atoms with Gasteiger partial charge in [-0.2, -0.15) is 5.10 Å². The van der Waals surface area contributed by atoms with Crippen LogP contribution in [-0.2, 0) is 0 Å². The largest absolute Gasteiger partial charge is 0.310 e. The van der Waals surface area contributed by atoms with Crippen LogP contribution in [0.1, 0.15) is 16.9 Å². The average molecular weight is 336 g/mol. The van der Waals surface area contributed by atoms with E-state index in [0.717, 1.165) is 35.0 Å². The molecule has 2 aliphatic rings. The third-order valence-electron chi connectivity index (χ3n) is 5.24. The van der Waals surface area contributed by atoms with E-state index >= 15 is 0 Å². The predicted octanol–water partition coefficient (Wildman–Crippen LogP) is 2.25. The third-order valence-corrected chi connectivity index (χ3v) is 5.24. The highest BCUT2D eigenvalue weighted by Gasteiger charge is 2.43. The number of nitrogens with zero attached hydrogens (tertiary/aromatic N) is 1. The normalized spacial score (nSPS) is 24.9. The quantitative estimate of drug-likeness (QED) is 0.642. The van der Waals surface area contributed by atoms with E-state index in [1.54, 1.807) is 12.1 Å². The zero-order valence-electron chi connectivity index (χ0n) is 13.4. The minimum atomic E-state index is -0.265. The first-order valence-corrected chi connectivity index (χ1v) is 8.47. The highest BCUT2D eigenvalue weighted by Crippen LogP contribution is 2.28. The van der Waals surface area contributed by atoms with E-state index in [2.05, 4.69) is 20.8 Å². The first kappa shape index (κ1) is 14.7. The fraction of sp³-hybridized carbons (Fsp3) is 0.263. The van der Waals surface area contributed by atoms with Crippen LogP contribution < -0.4 is 10.6 Å². The van der Waals surface area contributed by atoms with Crippen molar-refractivity contribution in [2.24, 2.45) is 0 Å². The number of rotatable bonds is 3. The molecule has 5 nitrogen and oxygen atoms in total. The van der Waals surface area contributed by atoms with Crippen molar-refractivity contribution in [3.63, 3.8) is 0 Å². The molecule has 2 saturated heterocycles. The maximum atomic E-state index is 13.1. The zero-order valence-corrected chi connectivity index (χ0v) is 13.4. The van der Waals surface area contributed by atoms with Crippen LogP contribution in [0.4, 0.5) is 4.39 Å². The number of hydrogen-bond acceptors (Lipinski definition) is 4. The number of aromatic amines is 1. The standard InChI is InChI=1S/C19H17FN4O/c20-12-4-1-10(2-5-12)11-3-6-15-14(7-11)17(24-23-15)19(25)18-16-8-13(22-18)9-21-16/h1-7,13,16,18,21-22H,8-9H2,(H,23,24)/t13-,16+,18?/m0/s1. The van der Waals surface area contributed by atoms with E-state index in [4.69, 9.17) is 0 Å². The molecule has 1 unspecified atom stereocenters. The number of Topliss-reactive ketones (excluding diaryl/α,β-unsaturated/α-hetero) is 1. The fourth-order valence-corrected chi connectivity index (χ4v) is 3.95. The number of aromatic nitrogens is 2. The van der Waals surface area contributed by atoms with E-state index in [1.165, 1.54) is 12.1 Å². The van der Waals surface area contributed by atoms with Gasteiger partial charge in [-0.1, -0.05) is 18.2 Å². The molecule has 25 heavy (non-hydrogen) atoms. The molecule has 3 heterocycles. The van der Waals surface area contributed by atoms with Gasteiger partial charge in [0.2, 0.25) is 5.78 Å². The van der Waals surface area contributed by atoms with Gasteiger partial charge in [-0.15, -0.1) is 0 Å². The molecular formula is C19H17FN4O. The highest BCUT2D eigenvalue weighted by molar-refractivity contribution is 6.09. The molecule has 126 valence electrons. The van der Waals surface area contributed by atoms with Crippen molar-refractivity contribution in [2.45, 2.75) is 24.5 Å². The lowest BCUT2D eigenvalue weighted by atomic mass is 9.99. The Morgan fingerprint density at radius 1 is 1.12 bits per heavy atom. The summed E-state index contributed by atoms with van der Waals surface area (Å²) in [6.07, 6.45) is 0.986. The van der Waals surface area contributed by atoms with E-state index in [1.807, 2.05) is 18.2 Å². The first-order chi connectivity index (χ1) is 12.2. The number of H-pyrrole nitrogens is 1. The van der Waals surface area contributed by atoms with Crippen LogP contribution in [0.25, 0.3) is 22.0 Å². The van der Waals surface area contributed by atoms with E-state index in [0.29, 0.717) is 11.7 Å². The van der Waals surface area contributed by atoms with Gasteiger partial charge in [-0.25, -0.2) is 4.39 Å². The number of nitrogens with one attached hydrogen (secondary N) is 3. The van der Waals surface area contributed by atoms with Crippen LogP contribution in [0.3, 0.4) is 0 Å². The van der Waals surface area contributed by atoms with E-state index in [9.17, 15) is 9.18 Å². The van der Waals surface area contributed by atoms with Crippen molar-refractivity contribution in [1.82, 2.24) is 20.8 Å². The van der Waals surface area contributed by atoms with Gasteiger partial charge in [-0.3, -0.25) is 9.89 Å². The van der Waals surface area contributed by atoms with E-state index in [-0.39, 0.29) is 23.7 Å². The van der Waals surface area contributed by atoms with Gasteiger partial charge in [0, 0.05) is 24.0 Å². The number of piperazine rings is 1. The smallest absolute Gasteiger partial charge is 0.202 e. The fourth-order valence-electron chi connectivity index (χ4n) is 3.95. The first-order valence-electron chi connectivity index (χ1n) is 8.47. The van der Waals surface area contributed by atoms with Gasteiger partial charge in [0.05, 0.1) is 11.6 Å². The molecule has 6 heteroatoms. The van der Waals surface area contributed by atoms with Gasteiger partial charge in [-0.05, 0) is 41.8 Å². The van der Waals surface area contributed by atoms with Crippen molar-refractivity contribution >= 4 is 16.7 Å². The number of fused-ring (bicyclic) bond motifs is 3. The molecule has 2 aliphatic heterocycles. The number of ketones is 1. The molecule has 3 atom stereocenters. The van der Waals surface area contributed by atoms with Crippen LogP contribution in [0.5, 0.6) is 0 Å². The number of benzene rings is 2. The Hall–Kier alpha value is -2.57. The lowest BCUT2D eigenvalue weighted by Gasteiger charge is -2.22. The molecule has 0 radical (unpaired) electrons. The molecule has 1 aromatic heterocycles. The monoisotopic (exact) mass is 336 g/mol. The third kappa shape index (κ3) is 2.37. The summed E-state index contributed by atoms with van der Waals surface area (Å²) < 4.78 is 13.1. The van der Waals surface area contributed by atoms with Crippen molar-refractivity contribution in [1.29, 1.82) is 0 Å². The Morgan fingerprint density at radius 3 is 2.64 bits per heavy atom. The number of carbonyl (C=O) groups is 1. The second-order valence-corrected chi connectivity index (χ2v) is 6.80. The van der Waals surface area contributed by atoms with Crippen LogP contribution in [0, 0.1) is 5.82 Å². The topological polar surface area (TPSA) is 69.8 Å². The molecule has 0 spiro atoms. The van der Waals surface area contributed by atoms with Crippen molar-refractivity contribution < 1.29 is 9.18 Å². The lowest BCUT2D eigenvalue weighted by molar-refractivity contribution is 0.0927. The summed E-state index contributed by atoms with van der Waals surface area (Å²) in [4.78, 5) is 13.0. The van der Waals surface area contributed by atoms with Gasteiger partial charge >= 0.3 is 0 Å². The van der Waals surface area contributed by atoms with Gasteiger partial charge in [0.25, 0.3) is 0 Å². The molecule has 3 N–H and O–H groups in total. The Bertz CT molecular complexity index is 965. The summed E-state index contributed by atoms with van der Waals surface area (Å²) in [5, 5.41) is 14.8. The minimum absolute atomic E-state index is 0.0159. The van der Waals surface area contributed by atoms with Crippen LogP contribution in [0.2, 0.25) is 0 Å². The summed E-state index contributed by atoms with van der Waals surface area (Å²) in [6.45, 7) is 0.921. The maximum absolute atomic E-state index is 13.1. The van der Waals surface area contributed by atoms with Gasteiger partial charge < -0.3 is 10.6 Å². The Balaban J connectivity index is 1.54. The SMILES string of the molecule is O=C(c1n[nH]c2ccc(-c3ccc(F)cc3)cc12)C1N[C@@H]2CN[C@@H]1C2. The zero-order chi connectivity index (χ0) is 17.0. The van der Waals surface area contributed by atoms with Gasteiger partial charge in [0.15, 0.2) is 0 Å². The number of hydrogen-bond donors (Lipinski definition) is 3. The molecule has 0 amide bonds. The molecular weight excluding hydrogens is 319 g/mol. The van der Waals surface area contributed by atoms with E-state index < -0.39 is 0 Å². The number of carbonyl (C=O) groups excluding carboxylic acids is 1. The molecule has 2 bridgehead atoms. The van der Waals surface area contributed by atoms with Crippen molar-refractivity contribution in [3.05, 3.63) is 54.0 Å². The average Bonchev–Trinajstić information content (AvgIpc) is 3.36. The van der Waals surface area contributed by atoms with Crippen LogP contribution in [0.15, 0.2) is 42.5 Å². The second-order valence-electron chi connectivity index (χ2n) is 6.80. The summed E-state index contributed by atoms with van der Waals surface area (Å²) in [6, 6.07) is 12.5. The Kier molecular flexibility index (Phi) is 3.23. The molecule has 0 aliphatic carbocycles. The molecule has 0 saturated carbocycles. The Morgan fingerprint density at radius 2 is 1.92 bits per heavy atom. The summed E-state index contributed by atoms with van der Waals surface area (Å²) in [5.74, 6) is -0.249. The maximum Gasteiger partial charge on any atom is 0.202 e. The van der Waals surface area contributed by atoms with Crippen molar-refractivity contribution in [3.8, 4) is 11.1 Å². The number of halogens is 1. The van der Waals surface area contributed by atoms with Crippen molar-refractivity contribution in [2.75, 3.05) is 6.54 Å². The predicted molar refractivity (Wildman–Crippen MR) is 92.9 cm³/mol. The van der Waals surface area contributed by atoms with Crippen LogP contribution in [-0.4, -0.2) is 40.7 Å². The lowest BCUT2D eigenvalue weighted by Crippen LogP contribution is -2.52. The summed E-state index contributed by atoms with van der Waals surface area (Å²) in [5.41, 5.74) is 3.13. The Labute approximate surface area is 143 Å². The summed E-state index contributed by atoms with van der Waals surface area (Å²) >= 11 is 0.